The molecule has 0 bridgehead atoms. The molecule has 15 heteroatoms. The third kappa shape index (κ3) is 3.26. The first kappa shape index (κ1) is 21.0. The molecular formula is C18H15BrN5O8P. The predicted octanol–water partition coefficient (Wildman–Crippen LogP) is 0.762. The number of benzene rings is 1. The van der Waals surface area contributed by atoms with Crippen LogP contribution in [0, 0.1) is 0 Å². The molecule has 33 heavy (non-hydrogen) atoms. The number of rotatable bonds is 2. The molecule has 4 aromatic rings. The van der Waals surface area contributed by atoms with Gasteiger partial charge in [0, 0.05) is 6.20 Å². The molecule has 0 saturated carbocycles. The van der Waals surface area contributed by atoms with E-state index in [1.54, 1.807) is 18.3 Å². The number of hydrogen-bond donors (Lipinski definition) is 3. The average Bonchev–Trinajstić information content (AvgIpc) is 3.43. The Hall–Kier alpha value is -2.58. The number of nitrogens with zero attached hydrogens (tertiary/aromatic N) is 4. The van der Waals surface area contributed by atoms with E-state index in [1.165, 1.54) is 21.1 Å². The zero-order chi connectivity index (χ0) is 23.1. The number of aliphatic hydroxyl groups excluding tert-OH is 1. The number of nitrogens with one attached hydrogen (secondary N) is 1. The van der Waals surface area contributed by atoms with Gasteiger partial charge in [-0.2, -0.15) is 4.98 Å². The van der Waals surface area contributed by atoms with Crippen molar-refractivity contribution in [3.05, 3.63) is 45.5 Å². The summed E-state index contributed by atoms with van der Waals surface area (Å²) in [6.45, 7) is -0.309. The largest absolute Gasteiger partial charge is 1.00 e. The number of phosphoric acid groups is 1. The van der Waals surface area contributed by atoms with Gasteiger partial charge >= 0.3 is 1.43 Å². The third-order valence-electron chi connectivity index (χ3n) is 5.60. The van der Waals surface area contributed by atoms with Crippen LogP contribution in [0.15, 0.2) is 40.0 Å². The second kappa shape index (κ2) is 7.21. The number of aromatic amines is 1. The van der Waals surface area contributed by atoms with E-state index in [0.717, 1.165) is 5.56 Å². The number of aromatic hydroxyl groups is 1. The van der Waals surface area contributed by atoms with Crippen LogP contribution in [0.5, 0.6) is 5.75 Å². The highest BCUT2D eigenvalue weighted by molar-refractivity contribution is 9.10. The normalized spacial score (nSPS) is 29.7. The Bertz CT molecular complexity index is 1520. The molecule has 0 radical (unpaired) electrons. The molecule has 6 rings (SSSR count). The lowest BCUT2D eigenvalue weighted by Gasteiger charge is -2.34. The Morgan fingerprint density at radius 3 is 2.82 bits per heavy atom. The predicted molar refractivity (Wildman–Crippen MR) is 113 cm³/mol. The van der Waals surface area contributed by atoms with E-state index >= 15 is 0 Å². The van der Waals surface area contributed by atoms with Crippen LogP contribution in [0.1, 0.15) is 7.65 Å². The van der Waals surface area contributed by atoms with Gasteiger partial charge in [-0.25, -0.2) is 9.38 Å². The summed E-state index contributed by atoms with van der Waals surface area (Å²) in [7, 11) is -4.54. The summed E-state index contributed by atoms with van der Waals surface area (Å²) in [4.78, 5) is 36.6. The van der Waals surface area contributed by atoms with Crippen LogP contribution in [0.4, 0.5) is 0 Å². The molecule has 5 atom stereocenters. The second-order valence-electron chi connectivity index (χ2n) is 7.62. The number of phenols is 1. The fourth-order valence-corrected chi connectivity index (χ4v) is 5.55. The van der Waals surface area contributed by atoms with E-state index in [1.807, 2.05) is 0 Å². The van der Waals surface area contributed by atoms with Gasteiger partial charge in [0.05, 0.1) is 12.3 Å². The van der Waals surface area contributed by atoms with E-state index in [-0.39, 0.29) is 35.5 Å². The number of ether oxygens (including phenoxy) is 1. The second-order valence-corrected chi connectivity index (χ2v) is 9.69. The number of H-pyrrole nitrogens is 1. The molecule has 172 valence electrons. The van der Waals surface area contributed by atoms with E-state index in [4.69, 9.17) is 9.26 Å². The van der Waals surface area contributed by atoms with Gasteiger partial charge in [-0.3, -0.25) is 13.9 Å². The highest BCUT2D eigenvalue weighted by atomic mass is 79.9. The molecule has 1 aromatic carbocycles. The SMILES string of the molecule is O=c1c2nc(Br)n([C@@H]3OC4COP(=O)([O-])O[C@H]4C3O)c2nc2[nH]c(-c3ccc(O)cc3)cn12.[H+]. The van der Waals surface area contributed by atoms with E-state index in [9.17, 15) is 24.5 Å². The van der Waals surface area contributed by atoms with Crippen molar-refractivity contribution >= 4 is 40.7 Å². The first-order valence-electron chi connectivity index (χ1n) is 9.67. The third-order valence-corrected chi connectivity index (χ3v) is 7.13. The summed E-state index contributed by atoms with van der Waals surface area (Å²) in [5.74, 6) is 0.315. The van der Waals surface area contributed by atoms with Crippen molar-refractivity contribution in [1.82, 2.24) is 23.9 Å². The van der Waals surface area contributed by atoms with Crippen LogP contribution < -0.4 is 10.5 Å². The van der Waals surface area contributed by atoms with Gasteiger partial charge in [0.25, 0.3) is 13.4 Å². The van der Waals surface area contributed by atoms with Gasteiger partial charge in [-0.05, 0) is 45.8 Å². The fraction of sp³-hybridized carbons (Fsp3) is 0.278. The number of phosphoric ester groups is 1. The van der Waals surface area contributed by atoms with E-state index < -0.39 is 37.9 Å². The van der Waals surface area contributed by atoms with Gasteiger partial charge in [-0.1, -0.05) is 0 Å². The Balaban J connectivity index is 0.00000241. The Kier molecular flexibility index (Phi) is 4.58. The molecule has 13 nitrogen and oxygen atoms in total. The number of aromatic nitrogens is 5. The number of hydrogen-bond acceptors (Lipinski definition) is 10. The number of fused-ring (bicyclic) bond motifs is 3. The first-order valence-corrected chi connectivity index (χ1v) is 11.9. The minimum atomic E-state index is -4.54. The summed E-state index contributed by atoms with van der Waals surface area (Å²) < 4.78 is 29.8. The van der Waals surface area contributed by atoms with Crippen molar-refractivity contribution in [2.75, 3.05) is 6.61 Å². The number of aliphatic hydroxyl groups is 1. The lowest BCUT2D eigenvalue weighted by Crippen LogP contribution is -2.41. The quantitative estimate of drug-likeness (QED) is 0.243. The Morgan fingerprint density at radius 2 is 2.06 bits per heavy atom. The first-order chi connectivity index (χ1) is 15.7. The maximum absolute atomic E-state index is 13.1. The lowest BCUT2D eigenvalue weighted by molar-refractivity contribution is -0.245. The van der Waals surface area contributed by atoms with Crippen molar-refractivity contribution in [1.29, 1.82) is 0 Å². The minimum absolute atomic E-state index is 0. The molecule has 2 fully saturated rings. The summed E-state index contributed by atoms with van der Waals surface area (Å²) in [6.07, 6.45) is -2.99. The van der Waals surface area contributed by atoms with Crippen molar-refractivity contribution in [2.24, 2.45) is 0 Å². The molecule has 0 spiro atoms. The van der Waals surface area contributed by atoms with Crippen molar-refractivity contribution < 1.29 is 34.9 Å². The molecule has 3 aromatic heterocycles. The summed E-state index contributed by atoms with van der Waals surface area (Å²) >= 11 is 3.27. The molecule has 3 unspecified atom stereocenters. The summed E-state index contributed by atoms with van der Waals surface area (Å²) in [6, 6.07) is 6.40. The summed E-state index contributed by atoms with van der Waals surface area (Å²) in [5, 5.41) is 20.3. The number of halogens is 1. The molecular weight excluding hydrogens is 525 g/mol. The molecule has 0 amide bonds. The zero-order valence-corrected chi connectivity index (χ0v) is 18.8. The molecule has 2 aliphatic heterocycles. The monoisotopic (exact) mass is 539 g/mol. The Labute approximate surface area is 193 Å². The molecule has 2 saturated heterocycles. The van der Waals surface area contributed by atoms with Crippen molar-refractivity contribution in [3.63, 3.8) is 0 Å². The zero-order valence-electron chi connectivity index (χ0n) is 17.4. The maximum Gasteiger partial charge on any atom is 1.00 e. The average molecular weight is 540 g/mol. The highest BCUT2D eigenvalue weighted by Gasteiger charge is 2.51. The summed E-state index contributed by atoms with van der Waals surface area (Å²) in [5.41, 5.74) is 0.951. The number of phenolic OH excluding ortho intramolecular Hbond substituents is 1. The molecule has 0 aliphatic carbocycles. The standard InChI is InChI=1S/C18H15BrN5O8P/c19-17-21-11-14(24(17)16-12(26)13-10(31-16)6-30-33(28,29)32-13)22-18-20-9(5-23(18)15(11)27)7-1-3-8(25)4-2-7/h1-5,10,12-13,16,25-26H,6H2,(H,20,22)(H,28,29)/t10?,12?,13-,16-/m1/s1. The van der Waals surface area contributed by atoms with Gasteiger partial charge in [0.2, 0.25) is 5.78 Å². The molecule has 2 aliphatic rings. The topological polar surface area (TPSA) is 176 Å². The van der Waals surface area contributed by atoms with Crippen LogP contribution in [-0.2, 0) is 18.3 Å². The van der Waals surface area contributed by atoms with Crippen molar-refractivity contribution in [2.45, 2.75) is 24.5 Å². The minimum Gasteiger partial charge on any atom is -0.756 e. The lowest BCUT2D eigenvalue weighted by atomic mass is 10.1. The van der Waals surface area contributed by atoms with Crippen LogP contribution in [0.3, 0.4) is 0 Å². The smallest absolute Gasteiger partial charge is 0.756 e. The van der Waals surface area contributed by atoms with Gasteiger partial charge in [-0.15, -0.1) is 0 Å². The fourth-order valence-electron chi connectivity index (χ4n) is 4.06. The molecule has 3 N–H and O–H groups in total. The van der Waals surface area contributed by atoms with Crippen LogP contribution >= 0.6 is 23.8 Å². The van der Waals surface area contributed by atoms with E-state index in [2.05, 4.69) is 35.4 Å². The highest BCUT2D eigenvalue weighted by Crippen LogP contribution is 2.50. The van der Waals surface area contributed by atoms with Gasteiger partial charge < -0.3 is 33.9 Å². The van der Waals surface area contributed by atoms with Crippen LogP contribution in [-0.4, -0.2) is 59.1 Å². The van der Waals surface area contributed by atoms with Crippen molar-refractivity contribution in [3.8, 4) is 17.0 Å². The number of imidazole rings is 2. The van der Waals surface area contributed by atoms with Crippen LogP contribution in [0.25, 0.3) is 28.2 Å². The van der Waals surface area contributed by atoms with E-state index in [0.29, 0.717) is 5.69 Å². The molecule has 5 heterocycles. The van der Waals surface area contributed by atoms with Gasteiger partial charge in [0.15, 0.2) is 22.1 Å². The Morgan fingerprint density at radius 1 is 1.30 bits per heavy atom. The van der Waals surface area contributed by atoms with Gasteiger partial charge in [0.1, 0.15) is 24.1 Å². The maximum atomic E-state index is 13.1. The van der Waals surface area contributed by atoms with Crippen LogP contribution in [0.2, 0.25) is 0 Å².